The van der Waals surface area contributed by atoms with Gasteiger partial charge in [0, 0.05) is 17.6 Å². The van der Waals surface area contributed by atoms with Gasteiger partial charge in [0.05, 0.1) is 17.2 Å². The molecule has 2 rings (SSSR count). The summed E-state index contributed by atoms with van der Waals surface area (Å²) in [7, 11) is -4.02. The number of hydrogen-bond acceptors (Lipinski definition) is 4. The fraction of sp³-hybridized carbons (Fsp3) is 0.417. The highest BCUT2D eigenvalue weighted by molar-refractivity contribution is 7.89. The molecule has 21 heavy (non-hydrogen) atoms. The second-order valence-corrected chi connectivity index (χ2v) is 7.31. The number of sulfonamides is 1. The third kappa shape index (κ3) is 3.32. The first-order valence-electron chi connectivity index (χ1n) is 6.14. The van der Waals surface area contributed by atoms with Gasteiger partial charge in [0.25, 0.3) is 0 Å². The van der Waals surface area contributed by atoms with Crippen LogP contribution >= 0.6 is 23.2 Å². The van der Waals surface area contributed by atoms with Gasteiger partial charge < -0.3 is 10.2 Å². The molecule has 0 aromatic heterocycles. The first-order chi connectivity index (χ1) is 9.78. The lowest BCUT2D eigenvalue weighted by Crippen LogP contribution is -2.35. The number of carboxylic acid groups (broad SMARTS) is 1. The van der Waals surface area contributed by atoms with Crippen LogP contribution < -0.4 is 0 Å². The van der Waals surface area contributed by atoms with Gasteiger partial charge in [-0.15, -0.1) is 0 Å². The maximum absolute atomic E-state index is 12.6. The number of halogens is 2. The molecule has 0 aliphatic heterocycles. The Balaban J connectivity index is 2.56. The van der Waals surface area contributed by atoms with E-state index in [1.165, 1.54) is 0 Å². The summed E-state index contributed by atoms with van der Waals surface area (Å²) in [5.41, 5.74) is -0.373. The number of aliphatic hydroxyl groups excluding tert-OH is 1. The van der Waals surface area contributed by atoms with Crippen LogP contribution in [0.4, 0.5) is 0 Å². The van der Waals surface area contributed by atoms with E-state index < -0.39 is 16.0 Å². The molecule has 1 saturated carbocycles. The predicted molar refractivity (Wildman–Crippen MR) is 77.4 cm³/mol. The molecule has 0 heterocycles. The van der Waals surface area contributed by atoms with E-state index in [0.717, 1.165) is 16.4 Å². The quantitative estimate of drug-likeness (QED) is 0.813. The lowest BCUT2D eigenvalue weighted by Gasteiger charge is -2.22. The zero-order valence-corrected chi connectivity index (χ0v) is 13.1. The summed E-state index contributed by atoms with van der Waals surface area (Å²) in [5, 5.41) is 17.7. The van der Waals surface area contributed by atoms with Crippen molar-refractivity contribution in [1.29, 1.82) is 0 Å². The Morgan fingerprint density at radius 3 is 2.43 bits per heavy atom. The molecular formula is C12H13Cl2NO5S. The Hall–Kier alpha value is -0.860. The van der Waals surface area contributed by atoms with Gasteiger partial charge in [0.15, 0.2) is 0 Å². The molecule has 2 N–H and O–H groups in total. The van der Waals surface area contributed by atoms with Gasteiger partial charge in [-0.25, -0.2) is 13.2 Å². The third-order valence-electron chi connectivity index (χ3n) is 3.10. The number of carboxylic acids is 1. The number of nitrogens with zero attached hydrogens (tertiary/aromatic N) is 1. The average molecular weight is 354 g/mol. The molecule has 0 atom stereocenters. The highest BCUT2D eigenvalue weighted by Gasteiger charge is 2.39. The van der Waals surface area contributed by atoms with Crippen LogP contribution in [0.3, 0.4) is 0 Å². The van der Waals surface area contributed by atoms with Gasteiger partial charge in [0.2, 0.25) is 10.0 Å². The SMILES string of the molecule is O=C(O)c1cc(Cl)cc(S(=O)(=O)N(CCO)C2CC2)c1Cl. The zero-order chi connectivity index (χ0) is 15.8. The standard InChI is InChI=1S/C12H13Cl2NO5S/c13-7-5-9(12(17)18)11(14)10(6-7)21(19,20)15(3-4-16)8-1-2-8/h5-6,8,16H,1-4H2,(H,17,18). The fourth-order valence-corrected chi connectivity index (χ4v) is 4.55. The van der Waals surface area contributed by atoms with Crippen molar-refractivity contribution in [3.8, 4) is 0 Å². The fourth-order valence-electron chi connectivity index (χ4n) is 1.99. The minimum atomic E-state index is -4.02. The zero-order valence-electron chi connectivity index (χ0n) is 10.8. The largest absolute Gasteiger partial charge is 0.478 e. The molecule has 6 nitrogen and oxygen atoms in total. The summed E-state index contributed by atoms with van der Waals surface area (Å²) < 4.78 is 26.4. The summed E-state index contributed by atoms with van der Waals surface area (Å²) in [6, 6.07) is 2.03. The highest BCUT2D eigenvalue weighted by Crippen LogP contribution is 2.36. The van der Waals surface area contributed by atoms with E-state index in [4.69, 9.17) is 33.4 Å². The van der Waals surface area contributed by atoms with Crippen LogP contribution in [-0.4, -0.2) is 48.1 Å². The van der Waals surface area contributed by atoms with Gasteiger partial charge in [-0.1, -0.05) is 23.2 Å². The van der Waals surface area contributed by atoms with Crippen LogP contribution in [0.15, 0.2) is 17.0 Å². The molecule has 1 fully saturated rings. The van der Waals surface area contributed by atoms with Crippen molar-refractivity contribution in [2.75, 3.05) is 13.2 Å². The first kappa shape index (κ1) is 16.5. The number of aliphatic hydroxyl groups is 1. The van der Waals surface area contributed by atoms with Crippen molar-refractivity contribution in [2.24, 2.45) is 0 Å². The number of aromatic carboxylic acids is 1. The van der Waals surface area contributed by atoms with Gasteiger partial charge in [-0.05, 0) is 25.0 Å². The van der Waals surface area contributed by atoms with Crippen molar-refractivity contribution in [3.05, 3.63) is 27.7 Å². The summed E-state index contributed by atoms with van der Waals surface area (Å²) in [6.07, 6.45) is 1.40. The van der Waals surface area contributed by atoms with Crippen LogP contribution in [0.1, 0.15) is 23.2 Å². The average Bonchev–Trinajstić information content (AvgIpc) is 3.21. The van der Waals surface area contributed by atoms with E-state index >= 15 is 0 Å². The van der Waals surface area contributed by atoms with E-state index in [0.29, 0.717) is 12.8 Å². The van der Waals surface area contributed by atoms with Gasteiger partial charge in [0.1, 0.15) is 4.90 Å². The van der Waals surface area contributed by atoms with Crippen molar-refractivity contribution >= 4 is 39.2 Å². The Kier molecular flexibility index (Phi) is 4.79. The summed E-state index contributed by atoms with van der Waals surface area (Å²) in [4.78, 5) is 10.8. The van der Waals surface area contributed by atoms with Crippen molar-refractivity contribution in [2.45, 2.75) is 23.8 Å². The minimum absolute atomic E-state index is 0.0323. The molecule has 0 saturated heterocycles. The molecule has 0 amide bonds. The topological polar surface area (TPSA) is 94.9 Å². The van der Waals surface area contributed by atoms with E-state index in [1.807, 2.05) is 0 Å². The Bertz CT molecular complexity index is 672. The molecule has 0 spiro atoms. The minimum Gasteiger partial charge on any atom is -0.478 e. The normalized spacial score (nSPS) is 15.4. The molecule has 1 aromatic rings. The molecule has 0 bridgehead atoms. The molecule has 1 aliphatic rings. The molecule has 9 heteroatoms. The molecule has 1 aliphatic carbocycles. The maximum atomic E-state index is 12.6. The lowest BCUT2D eigenvalue weighted by atomic mass is 10.2. The third-order valence-corrected chi connectivity index (χ3v) is 5.81. The second kappa shape index (κ2) is 6.10. The maximum Gasteiger partial charge on any atom is 0.337 e. The number of carbonyl (C=O) groups is 1. The Morgan fingerprint density at radius 1 is 1.33 bits per heavy atom. The smallest absolute Gasteiger partial charge is 0.337 e. The van der Waals surface area contributed by atoms with Gasteiger partial charge >= 0.3 is 5.97 Å². The summed E-state index contributed by atoms with van der Waals surface area (Å²) in [5.74, 6) is -1.36. The van der Waals surface area contributed by atoms with E-state index in [9.17, 15) is 13.2 Å². The first-order valence-corrected chi connectivity index (χ1v) is 8.33. The van der Waals surface area contributed by atoms with Crippen LogP contribution in [0.25, 0.3) is 0 Å². The summed E-state index contributed by atoms with van der Waals surface area (Å²) >= 11 is 11.7. The van der Waals surface area contributed by atoms with Crippen LogP contribution in [0, 0.1) is 0 Å². The predicted octanol–water partition coefficient (Wildman–Crippen LogP) is 1.84. The number of benzene rings is 1. The van der Waals surface area contributed by atoms with Gasteiger partial charge in [-0.2, -0.15) is 4.31 Å². The Morgan fingerprint density at radius 2 is 1.95 bits per heavy atom. The van der Waals surface area contributed by atoms with Crippen molar-refractivity contribution in [1.82, 2.24) is 4.31 Å². The van der Waals surface area contributed by atoms with E-state index in [1.54, 1.807) is 0 Å². The van der Waals surface area contributed by atoms with Crippen LogP contribution in [0.2, 0.25) is 10.0 Å². The second-order valence-electron chi connectivity index (χ2n) is 4.64. The molecule has 0 radical (unpaired) electrons. The Labute approximate surface area is 131 Å². The number of hydrogen-bond donors (Lipinski definition) is 2. The molecule has 1 aromatic carbocycles. The van der Waals surface area contributed by atoms with Gasteiger partial charge in [-0.3, -0.25) is 0 Å². The van der Waals surface area contributed by atoms with E-state index in [2.05, 4.69) is 0 Å². The molecule has 0 unspecified atom stereocenters. The van der Waals surface area contributed by atoms with Crippen molar-refractivity contribution < 1.29 is 23.4 Å². The highest BCUT2D eigenvalue weighted by atomic mass is 35.5. The van der Waals surface area contributed by atoms with Crippen LogP contribution in [0.5, 0.6) is 0 Å². The number of rotatable bonds is 6. The molecular weight excluding hydrogens is 341 g/mol. The van der Waals surface area contributed by atoms with E-state index in [-0.39, 0.29) is 39.7 Å². The van der Waals surface area contributed by atoms with Crippen LogP contribution in [-0.2, 0) is 10.0 Å². The monoisotopic (exact) mass is 353 g/mol. The lowest BCUT2D eigenvalue weighted by molar-refractivity contribution is 0.0697. The summed E-state index contributed by atoms with van der Waals surface area (Å²) in [6.45, 7) is -0.405. The molecule has 116 valence electrons. The van der Waals surface area contributed by atoms with Crippen molar-refractivity contribution in [3.63, 3.8) is 0 Å².